The smallest absolute Gasteiger partial charge is 0.349 e. The minimum absolute atomic E-state index is 0.160. The number of aromatic nitrogens is 2. The fourth-order valence-corrected chi connectivity index (χ4v) is 3.88. The summed E-state index contributed by atoms with van der Waals surface area (Å²) in [5, 5.41) is 10.3. The first-order chi connectivity index (χ1) is 13.6. The molecule has 4 aromatic rings. The summed E-state index contributed by atoms with van der Waals surface area (Å²) >= 11 is 1.15. The van der Waals surface area contributed by atoms with Gasteiger partial charge in [0.2, 0.25) is 0 Å². The highest BCUT2D eigenvalue weighted by Crippen LogP contribution is 2.35. The topological polar surface area (TPSA) is 73.6 Å². The molecule has 0 atom stereocenters. The maximum absolute atomic E-state index is 11.7. The third-order valence-corrected chi connectivity index (χ3v) is 5.62. The van der Waals surface area contributed by atoms with Crippen LogP contribution in [0.1, 0.15) is 20.8 Å². The van der Waals surface area contributed by atoms with Gasteiger partial charge in [0.1, 0.15) is 29.4 Å². The molecule has 0 saturated carbocycles. The molecule has 0 bridgehead atoms. The Labute approximate surface area is 165 Å². The number of aryl methyl sites for hydroxylation is 1. The monoisotopic (exact) mass is 394 g/mol. The number of carboxylic acids is 1. The Morgan fingerprint density at radius 3 is 2.79 bits per heavy atom. The van der Waals surface area contributed by atoms with E-state index in [9.17, 15) is 9.90 Å². The second-order valence-corrected chi connectivity index (χ2v) is 7.30. The van der Waals surface area contributed by atoms with Gasteiger partial charge in [0, 0.05) is 12.1 Å². The van der Waals surface area contributed by atoms with Gasteiger partial charge in [0.05, 0.1) is 18.1 Å². The van der Waals surface area contributed by atoms with Gasteiger partial charge < -0.3 is 14.6 Å². The molecule has 142 valence electrons. The van der Waals surface area contributed by atoms with Crippen LogP contribution in [0, 0.1) is 6.92 Å². The zero-order valence-corrected chi connectivity index (χ0v) is 16.2. The first-order valence-corrected chi connectivity index (χ1v) is 9.44. The highest BCUT2D eigenvalue weighted by Gasteiger charge is 2.19. The number of benzene rings is 2. The fraction of sp³-hybridized carbons (Fsp3) is 0.143. The number of thiophene rings is 1. The molecule has 2 aromatic heterocycles. The number of hydrogen-bond acceptors (Lipinski definition) is 5. The van der Waals surface area contributed by atoms with Crippen LogP contribution in [-0.2, 0) is 6.61 Å². The average Bonchev–Trinajstić information content (AvgIpc) is 3.30. The van der Waals surface area contributed by atoms with E-state index in [1.165, 1.54) is 0 Å². The summed E-state index contributed by atoms with van der Waals surface area (Å²) in [5.41, 5.74) is 3.75. The van der Waals surface area contributed by atoms with Crippen molar-refractivity contribution in [2.24, 2.45) is 0 Å². The van der Waals surface area contributed by atoms with Gasteiger partial charge >= 0.3 is 5.97 Å². The van der Waals surface area contributed by atoms with E-state index in [2.05, 4.69) is 4.98 Å². The second kappa shape index (κ2) is 7.36. The second-order valence-electron chi connectivity index (χ2n) is 6.27. The molecule has 0 unspecified atom stereocenters. The summed E-state index contributed by atoms with van der Waals surface area (Å²) in [6.45, 7) is 2.31. The van der Waals surface area contributed by atoms with Crippen molar-refractivity contribution >= 4 is 28.3 Å². The van der Waals surface area contributed by atoms with E-state index in [1.807, 2.05) is 54.0 Å². The molecule has 2 heterocycles. The molecule has 6 nitrogen and oxygen atoms in total. The number of carboxylic acid groups (broad SMARTS) is 1. The molecule has 0 spiro atoms. The van der Waals surface area contributed by atoms with E-state index in [0.29, 0.717) is 23.1 Å². The van der Waals surface area contributed by atoms with Gasteiger partial charge in [-0.3, -0.25) is 4.57 Å². The summed E-state index contributed by atoms with van der Waals surface area (Å²) in [4.78, 5) is 16.3. The zero-order valence-electron chi connectivity index (χ0n) is 15.4. The van der Waals surface area contributed by atoms with Gasteiger partial charge in [0.15, 0.2) is 4.88 Å². The average molecular weight is 394 g/mol. The van der Waals surface area contributed by atoms with E-state index in [0.717, 1.165) is 33.5 Å². The standard InChI is InChI=1S/C21H18N2O4S/c1-13-5-3-4-6-14(13)11-27-18-10-19(28-20(18)21(24)25)23-12-22-16-8-7-15(26-2)9-17(16)23/h3-10,12H,11H2,1-2H3,(H,24,25). The third-order valence-electron chi connectivity index (χ3n) is 4.52. The highest BCUT2D eigenvalue weighted by molar-refractivity contribution is 7.16. The van der Waals surface area contributed by atoms with Gasteiger partial charge in [0.25, 0.3) is 0 Å². The van der Waals surface area contributed by atoms with Gasteiger partial charge in [-0.25, -0.2) is 9.78 Å². The summed E-state index contributed by atoms with van der Waals surface area (Å²) in [6, 6.07) is 15.2. The first kappa shape index (κ1) is 18.1. The van der Waals surface area contributed by atoms with Crippen molar-refractivity contribution in [3.8, 4) is 16.5 Å². The largest absolute Gasteiger partial charge is 0.497 e. The van der Waals surface area contributed by atoms with Crippen molar-refractivity contribution < 1.29 is 19.4 Å². The SMILES string of the molecule is COc1ccc2ncn(-c3cc(OCc4ccccc4C)c(C(=O)O)s3)c2c1. The Balaban J connectivity index is 1.71. The number of hydrogen-bond donors (Lipinski definition) is 1. The van der Waals surface area contributed by atoms with Crippen LogP contribution in [0.2, 0.25) is 0 Å². The quantitative estimate of drug-likeness (QED) is 0.514. The van der Waals surface area contributed by atoms with Crippen molar-refractivity contribution in [2.75, 3.05) is 7.11 Å². The molecule has 0 radical (unpaired) electrons. The van der Waals surface area contributed by atoms with Crippen molar-refractivity contribution in [3.63, 3.8) is 0 Å². The minimum atomic E-state index is -1.02. The number of imidazole rings is 1. The van der Waals surface area contributed by atoms with Gasteiger partial charge in [-0.15, -0.1) is 11.3 Å². The van der Waals surface area contributed by atoms with E-state index < -0.39 is 5.97 Å². The predicted molar refractivity (Wildman–Crippen MR) is 108 cm³/mol. The van der Waals surface area contributed by atoms with Crippen LogP contribution in [0.25, 0.3) is 16.0 Å². The maximum Gasteiger partial charge on any atom is 0.349 e. The zero-order chi connectivity index (χ0) is 19.7. The van der Waals surface area contributed by atoms with Crippen molar-refractivity contribution in [1.82, 2.24) is 9.55 Å². The molecule has 0 fully saturated rings. The Morgan fingerprint density at radius 2 is 2.04 bits per heavy atom. The minimum Gasteiger partial charge on any atom is -0.497 e. The molecule has 7 heteroatoms. The molecule has 0 aliphatic carbocycles. The van der Waals surface area contributed by atoms with Crippen LogP contribution in [0.15, 0.2) is 54.9 Å². The lowest BCUT2D eigenvalue weighted by Gasteiger charge is -2.07. The third kappa shape index (κ3) is 3.32. The highest BCUT2D eigenvalue weighted by atomic mass is 32.1. The predicted octanol–water partition coefficient (Wildman–Crippen LogP) is 4.68. The van der Waals surface area contributed by atoms with Crippen molar-refractivity contribution in [3.05, 3.63) is 70.9 Å². The lowest BCUT2D eigenvalue weighted by Crippen LogP contribution is -2.01. The van der Waals surface area contributed by atoms with Crippen LogP contribution in [0.3, 0.4) is 0 Å². The molecule has 0 aliphatic rings. The Morgan fingerprint density at radius 1 is 1.21 bits per heavy atom. The number of nitrogens with zero attached hydrogens (tertiary/aromatic N) is 2. The van der Waals surface area contributed by atoms with E-state index in [-0.39, 0.29) is 4.88 Å². The van der Waals surface area contributed by atoms with Gasteiger partial charge in [-0.05, 0) is 30.2 Å². The Hall–Kier alpha value is -3.32. The Bertz CT molecular complexity index is 1160. The lowest BCUT2D eigenvalue weighted by atomic mass is 10.1. The summed E-state index contributed by atoms with van der Waals surface area (Å²) in [5.74, 6) is 0.0406. The number of carbonyl (C=O) groups is 1. The Kier molecular flexibility index (Phi) is 4.75. The van der Waals surface area contributed by atoms with Crippen molar-refractivity contribution in [2.45, 2.75) is 13.5 Å². The molecule has 0 amide bonds. The normalized spacial score (nSPS) is 10.9. The molecule has 1 N–H and O–H groups in total. The molecule has 0 saturated heterocycles. The van der Waals surface area contributed by atoms with Gasteiger partial charge in [-0.2, -0.15) is 0 Å². The van der Waals surface area contributed by atoms with Crippen LogP contribution < -0.4 is 9.47 Å². The first-order valence-electron chi connectivity index (χ1n) is 8.62. The number of ether oxygens (including phenoxy) is 2. The molecule has 0 aliphatic heterocycles. The molecular weight excluding hydrogens is 376 g/mol. The summed E-state index contributed by atoms with van der Waals surface area (Å²) in [7, 11) is 1.60. The number of rotatable bonds is 6. The van der Waals surface area contributed by atoms with Gasteiger partial charge in [-0.1, -0.05) is 24.3 Å². The summed E-state index contributed by atoms with van der Waals surface area (Å²) < 4.78 is 13.0. The van der Waals surface area contributed by atoms with Crippen LogP contribution in [0.5, 0.6) is 11.5 Å². The van der Waals surface area contributed by atoms with Crippen LogP contribution in [0.4, 0.5) is 0 Å². The molecule has 4 rings (SSSR count). The lowest BCUT2D eigenvalue weighted by molar-refractivity contribution is 0.0697. The number of methoxy groups -OCH3 is 1. The maximum atomic E-state index is 11.7. The number of fused-ring (bicyclic) bond motifs is 1. The molecule has 28 heavy (non-hydrogen) atoms. The summed E-state index contributed by atoms with van der Waals surface area (Å²) in [6.07, 6.45) is 1.67. The van der Waals surface area contributed by atoms with Crippen LogP contribution in [-0.4, -0.2) is 27.7 Å². The van der Waals surface area contributed by atoms with E-state index in [4.69, 9.17) is 9.47 Å². The molecular formula is C21H18N2O4S. The van der Waals surface area contributed by atoms with E-state index >= 15 is 0 Å². The van der Waals surface area contributed by atoms with E-state index in [1.54, 1.807) is 19.5 Å². The van der Waals surface area contributed by atoms with Crippen LogP contribution >= 0.6 is 11.3 Å². The van der Waals surface area contributed by atoms with Crippen molar-refractivity contribution in [1.29, 1.82) is 0 Å². The number of aromatic carboxylic acids is 1. The molecule has 2 aromatic carbocycles. The fourth-order valence-electron chi connectivity index (χ4n) is 2.95.